The molecular formula is C11H26ClN3O3S. The Morgan fingerprint density at radius 3 is 2.26 bits per heavy atom. The topological polar surface area (TPSA) is 92.5 Å². The van der Waals surface area contributed by atoms with Crippen LogP contribution in [0.2, 0.25) is 0 Å². The number of halogens is 1. The summed E-state index contributed by atoms with van der Waals surface area (Å²) in [4.78, 5) is 11.7. The number of carbonyl (C=O) groups excluding carboxylic acids is 1. The van der Waals surface area contributed by atoms with Crippen LogP contribution in [0, 0.1) is 5.92 Å². The third kappa shape index (κ3) is 8.41. The number of nitrogens with zero attached hydrogens (tertiary/aromatic N) is 1. The Morgan fingerprint density at radius 1 is 1.37 bits per heavy atom. The summed E-state index contributed by atoms with van der Waals surface area (Å²) in [7, 11) is -1.92. The van der Waals surface area contributed by atoms with Crippen LogP contribution in [-0.4, -0.2) is 50.6 Å². The second-order valence-corrected chi connectivity index (χ2v) is 7.15. The van der Waals surface area contributed by atoms with Gasteiger partial charge in [0.25, 0.3) is 0 Å². The normalized spacial score (nSPS) is 13.2. The molecule has 0 aromatic carbocycles. The highest BCUT2D eigenvalue weighted by Crippen LogP contribution is 2.04. The molecule has 116 valence electrons. The number of nitrogens with one attached hydrogen (secondary N) is 1. The lowest BCUT2D eigenvalue weighted by Gasteiger charge is -2.21. The van der Waals surface area contributed by atoms with Gasteiger partial charge in [-0.25, -0.2) is 8.42 Å². The summed E-state index contributed by atoms with van der Waals surface area (Å²) < 4.78 is 24.0. The first kappa shape index (κ1) is 20.9. The van der Waals surface area contributed by atoms with E-state index in [-0.39, 0.29) is 36.7 Å². The minimum Gasteiger partial charge on any atom is -0.351 e. The van der Waals surface area contributed by atoms with Gasteiger partial charge < -0.3 is 11.1 Å². The van der Waals surface area contributed by atoms with Crippen molar-refractivity contribution >= 4 is 28.3 Å². The summed E-state index contributed by atoms with van der Waals surface area (Å²) in [5, 5.41) is 2.76. The molecule has 8 heteroatoms. The van der Waals surface area contributed by atoms with E-state index in [4.69, 9.17) is 5.73 Å². The van der Waals surface area contributed by atoms with E-state index in [0.29, 0.717) is 12.5 Å². The van der Waals surface area contributed by atoms with Gasteiger partial charge >= 0.3 is 0 Å². The quantitative estimate of drug-likeness (QED) is 0.668. The summed E-state index contributed by atoms with van der Waals surface area (Å²) in [5.41, 5.74) is 5.57. The fourth-order valence-electron chi connectivity index (χ4n) is 1.58. The van der Waals surface area contributed by atoms with Crippen LogP contribution in [0.15, 0.2) is 0 Å². The fourth-order valence-corrected chi connectivity index (χ4v) is 2.33. The standard InChI is InChI=1S/C11H25N3O3S.ClH/c1-5-18(16,17)14(4)8-11(15)13-10(7-12)6-9(2)3;/h9-10H,5-8,12H2,1-4H3,(H,13,15);1H. The second-order valence-electron chi connectivity index (χ2n) is 4.79. The molecule has 0 fully saturated rings. The van der Waals surface area contributed by atoms with Crippen molar-refractivity contribution in [3.63, 3.8) is 0 Å². The van der Waals surface area contributed by atoms with E-state index in [1.165, 1.54) is 7.05 Å². The molecule has 1 atom stereocenters. The number of nitrogens with two attached hydrogens (primary N) is 1. The van der Waals surface area contributed by atoms with Crippen molar-refractivity contribution in [1.29, 1.82) is 0 Å². The van der Waals surface area contributed by atoms with Gasteiger partial charge in [0, 0.05) is 19.6 Å². The number of carbonyl (C=O) groups is 1. The van der Waals surface area contributed by atoms with Crippen LogP contribution in [0.25, 0.3) is 0 Å². The van der Waals surface area contributed by atoms with Gasteiger partial charge in [0.05, 0.1) is 12.3 Å². The van der Waals surface area contributed by atoms with Gasteiger partial charge in [-0.2, -0.15) is 4.31 Å². The van der Waals surface area contributed by atoms with Crippen LogP contribution in [0.3, 0.4) is 0 Å². The van der Waals surface area contributed by atoms with E-state index in [2.05, 4.69) is 5.32 Å². The van der Waals surface area contributed by atoms with Crippen LogP contribution in [0.1, 0.15) is 27.2 Å². The van der Waals surface area contributed by atoms with Gasteiger partial charge in [-0.15, -0.1) is 12.4 Å². The number of hydrogen-bond donors (Lipinski definition) is 2. The van der Waals surface area contributed by atoms with Crippen LogP contribution < -0.4 is 11.1 Å². The van der Waals surface area contributed by atoms with Gasteiger partial charge in [0.2, 0.25) is 15.9 Å². The SMILES string of the molecule is CCS(=O)(=O)N(C)CC(=O)NC(CN)CC(C)C.Cl. The molecule has 0 aliphatic heterocycles. The summed E-state index contributed by atoms with van der Waals surface area (Å²) in [6, 6.07) is -0.102. The van der Waals surface area contributed by atoms with Crippen LogP contribution in [0.5, 0.6) is 0 Å². The minimum atomic E-state index is -3.32. The molecule has 3 N–H and O–H groups in total. The second kappa shape index (κ2) is 9.52. The highest BCUT2D eigenvalue weighted by molar-refractivity contribution is 7.89. The van der Waals surface area contributed by atoms with Crippen molar-refractivity contribution in [3.05, 3.63) is 0 Å². The molecule has 6 nitrogen and oxygen atoms in total. The molecule has 0 saturated carbocycles. The van der Waals surface area contributed by atoms with Crippen LogP contribution in [-0.2, 0) is 14.8 Å². The Labute approximate surface area is 122 Å². The minimum absolute atomic E-state index is 0. The maximum Gasteiger partial charge on any atom is 0.235 e. The smallest absolute Gasteiger partial charge is 0.235 e. The maximum atomic E-state index is 11.7. The molecule has 0 radical (unpaired) electrons. The van der Waals surface area contributed by atoms with E-state index in [0.717, 1.165) is 10.7 Å². The zero-order chi connectivity index (χ0) is 14.3. The van der Waals surface area contributed by atoms with Crippen molar-refractivity contribution in [2.24, 2.45) is 11.7 Å². The molecule has 0 aliphatic rings. The Hall–Kier alpha value is -0.370. The Bertz CT molecular complexity index is 360. The monoisotopic (exact) mass is 315 g/mol. The lowest BCUT2D eigenvalue weighted by molar-refractivity contribution is -0.121. The first-order chi connectivity index (χ1) is 8.22. The Balaban J connectivity index is 0. The van der Waals surface area contributed by atoms with Crippen LogP contribution in [0.4, 0.5) is 0 Å². The van der Waals surface area contributed by atoms with Crippen molar-refractivity contribution in [2.45, 2.75) is 33.2 Å². The van der Waals surface area contributed by atoms with Gasteiger partial charge in [-0.1, -0.05) is 13.8 Å². The highest BCUT2D eigenvalue weighted by atomic mass is 35.5. The predicted molar refractivity (Wildman–Crippen MR) is 79.8 cm³/mol. The first-order valence-electron chi connectivity index (χ1n) is 6.16. The molecule has 0 bridgehead atoms. The maximum absolute atomic E-state index is 11.7. The number of rotatable bonds is 8. The average molecular weight is 316 g/mol. The number of likely N-dealkylation sites (N-methyl/N-ethyl adjacent to an activating group) is 1. The highest BCUT2D eigenvalue weighted by Gasteiger charge is 2.20. The third-order valence-corrected chi connectivity index (χ3v) is 4.42. The molecule has 0 aromatic heterocycles. The molecule has 19 heavy (non-hydrogen) atoms. The van der Waals surface area contributed by atoms with Gasteiger partial charge in [-0.3, -0.25) is 4.79 Å². The van der Waals surface area contributed by atoms with Crippen molar-refractivity contribution in [2.75, 3.05) is 25.9 Å². The summed E-state index contributed by atoms with van der Waals surface area (Å²) in [6.07, 6.45) is 0.784. The van der Waals surface area contributed by atoms with Gasteiger partial charge in [0.1, 0.15) is 0 Å². The summed E-state index contributed by atoms with van der Waals surface area (Å²) in [5.74, 6) is 0.102. The lowest BCUT2D eigenvalue weighted by Crippen LogP contribution is -2.46. The average Bonchev–Trinajstić information content (AvgIpc) is 2.27. The first-order valence-corrected chi connectivity index (χ1v) is 7.77. The molecule has 0 heterocycles. The Kier molecular flexibility index (Phi) is 10.5. The molecule has 1 unspecified atom stereocenters. The van der Waals surface area contributed by atoms with Crippen LogP contribution >= 0.6 is 12.4 Å². The Morgan fingerprint density at radius 2 is 1.89 bits per heavy atom. The van der Waals surface area contributed by atoms with E-state index in [1.807, 2.05) is 13.8 Å². The van der Waals surface area contributed by atoms with E-state index in [1.54, 1.807) is 6.92 Å². The predicted octanol–water partition coefficient (Wildman–Crippen LogP) is 0.179. The molecule has 0 aromatic rings. The molecular weight excluding hydrogens is 290 g/mol. The molecule has 0 saturated heterocycles. The number of sulfonamides is 1. The zero-order valence-electron chi connectivity index (χ0n) is 12.0. The summed E-state index contributed by atoms with van der Waals surface area (Å²) >= 11 is 0. The largest absolute Gasteiger partial charge is 0.351 e. The van der Waals surface area contributed by atoms with Crippen molar-refractivity contribution in [1.82, 2.24) is 9.62 Å². The molecule has 0 aliphatic carbocycles. The van der Waals surface area contributed by atoms with E-state index < -0.39 is 10.0 Å². The lowest BCUT2D eigenvalue weighted by atomic mass is 10.0. The molecule has 0 spiro atoms. The third-order valence-electron chi connectivity index (χ3n) is 2.61. The van der Waals surface area contributed by atoms with Crippen molar-refractivity contribution in [3.8, 4) is 0 Å². The number of amides is 1. The van der Waals surface area contributed by atoms with E-state index >= 15 is 0 Å². The molecule has 0 rings (SSSR count). The fraction of sp³-hybridized carbons (Fsp3) is 0.909. The van der Waals surface area contributed by atoms with Gasteiger partial charge in [-0.05, 0) is 19.3 Å². The number of hydrogen-bond acceptors (Lipinski definition) is 4. The van der Waals surface area contributed by atoms with Gasteiger partial charge in [0.15, 0.2) is 0 Å². The zero-order valence-corrected chi connectivity index (χ0v) is 13.7. The summed E-state index contributed by atoms with van der Waals surface area (Å²) in [6.45, 7) is 5.83. The van der Waals surface area contributed by atoms with Crippen molar-refractivity contribution < 1.29 is 13.2 Å². The molecule has 1 amide bonds. The van der Waals surface area contributed by atoms with E-state index in [9.17, 15) is 13.2 Å².